The number of amides is 1. The second-order valence-corrected chi connectivity index (χ2v) is 22.0. The number of rotatable bonds is 16. The number of aliphatic hydroxyl groups excluding tert-OH is 1. The zero-order chi connectivity index (χ0) is 57.9. The molecule has 4 N–H and O–H groups in total. The van der Waals surface area contributed by atoms with Crippen LogP contribution in [-0.4, -0.2) is 146 Å². The van der Waals surface area contributed by atoms with Crippen molar-refractivity contribution in [3.8, 4) is 0 Å². The van der Waals surface area contributed by atoms with E-state index in [2.05, 4.69) is 75.0 Å². The number of benzene rings is 5. The number of likely N-dealkylation sites (tertiary alicyclic amines) is 3. The average molecular weight is 1250 g/mol. The second kappa shape index (κ2) is 40.2. The van der Waals surface area contributed by atoms with Crippen molar-refractivity contribution in [2.45, 2.75) is 123 Å². The van der Waals surface area contributed by atoms with Crippen LogP contribution in [0.2, 0.25) is 0 Å². The quantitative estimate of drug-likeness (QED) is 0.0436. The molecule has 0 spiro atoms. The van der Waals surface area contributed by atoms with Crippen molar-refractivity contribution in [2.24, 2.45) is 5.92 Å². The molecule has 0 aromatic heterocycles. The zero-order valence-corrected chi connectivity index (χ0v) is 52.1. The Morgan fingerprint density at radius 2 is 1.05 bits per heavy atom. The third-order valence-electron chi connectivity index (χ3n) is 15.0. The topological polar surface area (TPSA) is 179 Å². The van der Waals surface area contributed by atoms with Gasteiger partial charge in [0.15, 0.2) is 17.4 Å². The molecule has 0 saturated carbocycles. The molecule has 5 heterocycles. The fourth-order valence-corrected chi connectivity index (χ4v) is 10.5. The average Bonchev–Trinajstić information content (AvgIpc) is 2.91. The van der Waals surface area contributed by atoms with E-state index in [1.54, 1.807) is 31.2 Å². The number of aliphatic hydroxyl groups is 1. The Kier molecular flexibility index (Phi) is 35.4. The van der Waals surface area contributed by atoms with E-state index in [-0.39, 0.29) is 87.0 Å². The first-order chi connectivity index (χ1) is 39.3. The molecular formula is C64H90AlBBrClLiN5O10. The third-order valence-corrected chi connectivity index (χ3v) is 15.6. The second-order valence-electron chi connectivity index (χ2n) is 21.5. The molecule has 5 aliphatic rings. The first-order valence-electron chi connectivity index (χ1n) is 28.7. The Morgan fingerprint density at radius 1 is 0.643 bits per heavy atom. The van der Waals surface area contributed by atoms with Crippen molar-refractivity contribution in [3.63, 3.8) is 0 Å². The Hall–Kier alpha value is -4.34. The number of hydrogen-bond donors (Lipinski definition) is 4. The molecule has 1 atom stereocenters. The summed E-state index contributed by atoms with van der Waals surface area (Å²) >= 11 is 3.32. The van der Waals surface area contributed by atoms with E-state index in [9.17, 15) is 24.2 Å². The Bertz CT molecular complexity index is 2720. The minimum atomic E-state index is -1.03. The molecule has 0 bridgehead atoms. The number of nitrogens with one attached hydrogen (secondary N) is 2. The number of alkyl halides is 1. The van der Waals surface area contributed by atoms with Gasteiger partial charge in [-0.1, -0.05) is 109 Å². The number of fused-ring (bicyclic) bond motifs is 1. The standard InChI is InChI=1S/C26H33BN2O5.C13H17NO2.C12H17NO.C9H9BrO2.C4H9N.Al.ClH.Li.4H/c1-17(2)24(28-25(30)22-11-10-21-16-34-27(32)23(21)18(22)3)26(31)33-15-20-8-6-19(7-9-20)14-29-12-4-5-13-29;1-16-13(15)12-6-4-11(5-7-12)10-14-8-2-3-9-14;14-10-12-5-3-11(4-6-12)9-13-7-1-2-8-13;1-12-9(11)8-4-2-7(6-10)3-5-8;1-2-4-5-3-1;;;;;;;/h6-11,17,24,32H,4-5,12-16H2,1-3H3,(H,28,30);4-7H,2-3,8-10H2,1H3;3-6,14H,1-2,7-10H2;2-5H,6H2,1H3;5H,1-4H2;;1H;;;;;/q;;;;;;;+1;;;;-1/t24-;;;;;;;;;;;/m0.........../s1. The first kappa shape index (κ1) is 73.9. The third kappa shape index (κ3) is 24.4. The first-order valence-corrected chi connectivity index (χ1v) is 29.8. The van der Waals surface area contributed by atoms with Crippen LogP contribution in [0, 0.1) is 12.8 Å². The Labute approximate surface area is 538 Å². The summed E-state index contributed by atoms with van der Waals surface area (Å²) in [6.07, 6.45) is 10.6. The number of methoxy groups -OCH3 is 2. The van der Waals surface area contributed by atoms with E-state index < -0.39 is 19.1 Å². The van der Waals surface area contributed by atoms with Gasteiger partial charge in [-0.05, 0) is 197 Å². The molecule has 15 nitrogen and oxygen atoms in total. The van der Waals surface area contributed by atoms with Crippen molar-refractivity contribution in [1.82, 2.24) is 25.3 Å². The number of carbonyl (C=O) groups is 4. The summed E-state index contributed by atoms with van der Waals surface area (Å²) in [5.74, 6) is -1.56. The normalized spacial score (nSPS) is 15.5. The Morgan fingerprint density at radius 3 is 1.43 bits per heavy atom. The fourth-order valence-electron chi connectivity index (χ4n) is 10.1. The van der Waals surface area contributed by atoms with Crippen molar-refractivity contribution in [1.29, 1.82) is 0 Å². The molecule has 5 aliphatic heterocycles. The number of carbonyl (C=O) groups excluding carboxylic acids is 4. The predicted octanol–water partition coefficient (Wildman–Crippen LogP) is 5.24. The largest absolute Gasteiger partial charge is 1.00 e. The molecule has 452 valence electrons. The van der Waals surface area contributed by atoms with Crippen molar-refractivity contribution in [2.75, 3.05) is 66.6 Å². The number of ether oxygens (including phenoxy) is 3. The maximum atomic E-state index is 13.0. The molecule has 4 saturated heterocycles. The molecule has 0 unspecified atom stereocenters. The van der Waals surface area contributed by atoms with Crippen molar-refractivity contribution in [3.05, 3.63) is 170 Å². The van der Waals surface area contributed by atoms with Crippen LogP contribution in [0.4, 0.5) is 0 Å². The fraction of sp³-hybridized carbons (Fsp3) is 0.469. The van der Waals surface area contributed by atoms with Crippen LogP contribution in [0.15, 0.2) is 109 Å². The van der Waals surface area contributed by atoms with Gasteiger partial charge < -0.3 is 41.1 Å². The van der Waals surface area contributed by atoms with Gasteiger partial charge in [0.25, 0.3) is 5.91 Å². The van der Waals surface area contributed by atoms with E-state index in [1.165, 1.54) is 122 Å². The molecule has 5 aromatic carbocycles. The zero-order valence-electron chi connectivity index (χ0n) is 50.7. The summed E-state index contributed by atoms with van der Waals surface area (Å²) in [6.45, 7) is 18.8. The van der Waals surface area contributed by atoms with E-state index in [4.69, 9.17) is 14.5 Å². The molecule has 4 fully saturated rings. The van der Waals surface area contributed by atoms with Crippen LogP contribution >= 0.6 is 28.3 Å². The summed E-state index contributed by atoms with van der Waals surface area (Å²) in [6, 6.07) is 34.0. The number of halogens is 2. The van der Waals surface area contributed by atoms with Gasteiger partial charge in [0.05, 0.1) is 38.6 Å². The molecule has 0 radical (unpaired) electrons. The van der Waals surface area contributed by atoms with Crippen LogP contribution < -0.4 is 35.0 Å². The van der Waals surface area contributed by atoms with Gasteiger partial charge in [-0.2, -0.15) is 0 Å². The summed E-state index contributed by atoms with van der Waals surface area (Å²) in [5, 5.41) is 25.8. The molecule has 0 aliphatic carbocycles. The summed E-state index contributed by atoms with van der Waals surface area (Å²) in [7, 11) is 1.75. The van der Waals surface area contributed by atoms with Crippen molar-refractivity contribution >= 4 is 82.1 Å². The SMILES string of the molecule is C1CCNC1.COC(=O)c1ccc(CBr)cc1.COC(=O)c1ccc(CN2CCCC2)cc1.Cc1c(C(=O)N[C@H](C(=O)OCc2ccc(CN3CCCC3)cc2)C(C)C)ccc2c1B(O)OC2.Cl.OCc1ccc(CN2CCCC2)cc1.[AlH3].[H-].[Li+]. The van der Waals surface area contributed by atoms with Crippen LogP contribution in [0.25, 0.3) is 0 Å². The minimum absolute atomic E-state index is 0. The molecule has 5 aromatic rings. The van der Waals surface area contributed by atoms with E-state index in [1.807, 2.05) is 74.5 Å². The summed E-state index contributed by atoms with van der Waals surface area (Å²) in [5.41, 5.74) is 10.7. The predicted molar refractivity (Wildman–Crippen MR) is 340 cm³/mol. The van der Waals surface area contributed by atoms with Gasteiger partial charge in [0.2, 0.25) is 0 Å². The minimum Gasteiger partial charge on any atom is -1.00 e. The monoisotopic (exact) mass is 1250 g/mol. The smallest absolute Gasteiger partial charge is 1.00 e. The molecule has 84 heavy (non-hydrogen) atoms. The molecule has 20 heteroatoms. The van der Waals surface area contributed by atoms with Crippen LogP contribution in [-0.2, 0) is 68.4 Å². The Balaban J connectivity index is 0.000000404. The summed E-state index contributed by atoms with van der Waals surface area (Å²) in [4.78, 5) is 55.4. The van der Waals surface area contributed by atoms with Crippen LogP contribution in [0.3, 0.4) is 0 Å². The van der Waals surface area contributed by atoms with Gasteiger partial charge in [-0.3, -0.25) is 19.5 Å². The van der Waals surface area contributed by atoms with E-state index in [0.29, 0.717) is 34.3 Å². The van der Waals surface area contributed by atoms with Crippen LogP contribution in [0.5, 0.6) is 0 Å². The molecular weight excluding hydrogens is 1160 g/mol. The maximum Gasteiger partial charge on any atom is 1.00 e. The summed E-state index contributed by atoms with van der Waals surface area (Å²) < 4.78 is 20.0. The maximum absolute atomic E-state index is 13.0. The van der Waals surface area contributed by atoms with Gasteiger partial charge in [0.1, 0.15) is 12.6 Å². The number of nitrogens with zero attached hydrogens (tertiary/aromatic N) is 3. The molecule has 10 rings (SSSR count). The van der Waals surface area contributed by atoms with E-state index >= 15 is 0 Å². The van der Waals surface area contributed by atoms with Gasteiger partial charge in [-0.25, -0.2) is 14.4 Å². The van der Waals surface area contributed by atoms with Gasteiger partial charge in [-0.15, -0.1) is 12.4 Å². The van der Waals surface area contributed by atoms with Gasteiger partial charge >= 0.3 is 43.9 Å². The van der Waals surface area contributed by atoms with E-state index in [0.717, 1.165) is 60.3 Å². The van der Waals surface area contributed by atoms with Crippen LogP contribution in [0.1, 0.15) is 142 Å². The molecule has 1 amide bonds. The number of hydrogen-bond acceptors (Lipinski definition) is 14. The van der Waals surface area contributed by atoms with Gasteiger partial charge in [0, 0.05) is 30.5 Å². The number of esters is 3. The van der Waals surface area contributed by atoms with Crippen molar-refractivity contribution < 1.29 is 68.5 Å².